The molecule has 0 aliphatic heterocycles. The molecule has 1 heterocycles. The van der Waals surface area contributed by atoms with E-state index in [0.29, 0.717) is 23.1 Å². The van der Waals surface area contributed by atoms with Crippen molar-refractivity contribution in [3.63, 3.8) is 0 Å². The van der Waals surface area contributed by atoms with Gasteiger partial charge in [0.1, 0.15) is 17.3 Å². The average molecular weight is 383 g/mol. The van der Waals surface area contributed by atoms with E-state index in [9.17, 15) is 4.79 Å². The molecule has 0 aliphatic carbocycles. The highest BCUT2D eigenvalue weighted by molar-refractivity contribution is 6.31. The number of nitrogens with zero attached hydrogens (tertiary/aromatic N) is 2. The number of amides is 1. The molecule has 0 fully saturated rings. The third-order valence-electron chi connectivity index (χ3n) is 3.98. The van der Waals surface area contributed by atoms with E-state index < -0.39 is 0 Å². The minimum absolute atomic E-state index is 0.220. The van der Waals surface area contributed by atoms with Crippen molar-refractivity contribution in [3.05, 3.63) is 76.7 Å². The number of nitrogens with one attached hydrogen (secondary N) is 2. The molecule has 6 nitrogen and oxygen atoms in total. The van der Waals surface area contributed by atoms with Crippen molar-refractivity contribution < 1.29 is 9.53 Å². The molecule has 3 rings (SSSR count). The standard InChI is InChI=1S/C20H19ClN4O2/c1-13-7-8-15(21)9-16(13)25-20(26)17-11-24-19(12-22-17)23-10-14-5-3-4-6-18(14)27-2/h3-9,11-12H,10H2,1-2H3,(H,23,24)(H,25,26). The lowest BCUT2D eigenvalue weighted by Crippen LogP contribution is -2.15. The number of carbonyl (C=O) groups excluding carboxylic acids is 1. The minimum Gasteiger partial charge on any atom is -0.496 e. The number of carbonyl (C=O) groups is 1. The van der Waals surface area contributed by atoms with E-state index >= 15 is 0 Å². The number of para-hydroxylation sites is 1. The molecule has 0 saturated carbocycles. The normalized spacial score (nSPS) is 10.3. The van der Waals surface area contributed by atoms with Gasteiger partial charge in [-0.3, -0.25) is 4.79 Å². The monoisotopic (exact) mass is 382 g/mol. The summed E-state index contributed by atoms with van der Waals surface area (Å²) in [7, 11) is 1.63. The third kappa shape index (κ3) is 4.74. The number of rotatable bonds is 6. The zero-order chi connectivity index (χ0) is 19.2. The maximum atomic E-state index is 12.4. The molecule has 27 heavy (non-hydrogen) atoms. The summed E-state index contributed by atoms with van der Waals surface area (Å²) >= 11 is 5.98. The van der Waals surface area contributed by atoms with Gasteiger partial charge in [-0.2, -0.15) is 0 Å². The molecular formula is C20H19ClN4O2. The molecule has 0 aliphatic rings. The maximum Gasteiger partial charge on any atom is 0.275 e. The first-order valence-corrected chi connectivity index (χ1v) is 8.70. The lowest BCUT2D eigenvalue weighted by molar-refractivity contribution is 0.102. The highest BCUT2D eigenvalue weighted by atomic mass is 35.5. The van der Waals surface area contributed by atoms with Crippen LogP contribution in [0.1, 0.15) is 21.6 Å². The fourth-order valence-electron chi connectivity index (χ4n) is 2.49. The second-order valence-electron chi connectivity index (χ2n) is 5.87. The maximum absolute atomic E-state index is 12.4. The van der Waals surface area contributed by atoms with Gasteiger partial charge in [-0.15, -0.1) is 0 Å². The summed E-state index contributed by atoms with van der Waals surface area (Å²) in [5, 5.41) is 6.52. The van der Waals surface area contributed by atoms with Gasteiger partial charge in [-0.1, -0.05) is 35.9 Å². The van der Waals surface area contributed by atoms with Crippen LogP contribution >= 0.6 is 11.6 Å². The Hall–Kier alpha value is -3.12. The summed E-state index contributed by atoms with van der Waals surface area (Å²) in [6, 6.07) is 13.0. The van der Waals surface area contributed by atoms with Crippen LogP contribution in [0.25, 0.3) is 0 Å². The van der Waals surface area contributed by atoms with Gasteiger partial charge in [0.2, 0.25) is 0 Å². The fraction of sp³-hybridized carbons (Fsp3) is 0.150. The molecule has 0 spiro atoms. The summed E-state index contributed by atoms with van der Waals surface area (Å²) in [4.78, 5) is 20.8. The SMILES string of the molecule is COc1ccccc1CNc1cnc(C(=O)Nc2cc(Cl)ccc2C)cn1. The van der Waals surface area contributed by atoms with Crippen LogP contribution in [-0.4, -0.2) is 23.0 Å². The van der Waals surface area contributed by atoms with Gasteiger partial charge in [0.15, 0.2) is 0 Å². The molecule has 1 aromatic heterocycles. The molecule has 0 bridgehead atoms. The smallest absolute Gasteiger partial charge is 0.275 e. The minimum atomic E-state index is -0.343. The first kappa shape index (κ1) is 18.7. The Balaban J connectivity index is 1.64. The van der Waals surface area contributed by atoms with E-state index in [0.717, 1.165) is 16.9 Å². The number of methoxy groups -OCH3 is 1. The summed E-state index contributed by atoms with van der Waals surface area (Å²) in [6.45, 7) is 2.43. The van der Waals surface area contributed by atoms with Crippen molar-refractivity contribution in [2.45, 2.75) is 13.5 Å². The second kappa shape index (κ2) is 8.51. The second-order valence-corrected chi connectivity index (χ2v) is 6.30. The van der Waals surface area contributed by atoms with E-state index in [-0.39, 0.29) is 11.6 Å². The molecule has 1 amide bonds. The van der Waals surface area contributed by atoms with Gasteiger partial charge in [0.25, 0.3) is 5.91 Å². The molecule has 3 aromatic rings. The van der Waals surface area contributed by atoms with Crippen LogP contribution in [0.15, 0.2) is 54.9 Å². The Morgan fingerprint density at radius 1 is 1.15 bits per heavy atom. The number of halogens is 1. The Bertz CT molecular complexity index is 945. The zero-order valence-electron chi connectivity index (χ0n) is 15.0. The van der Waals surface area contributed by atoms with Gasteiger partial charge in [-0.05, 0) is 30.7 Å². The molecule has 2 aromatic carbocycles. The lowest BCUT2D eigenvalue weighted by atomic mass is 10.2. The Morgan fingerprint density at radius 3 is 2.70 bits per heavy atom. The van der Waals surface area contributed by atoms with Gasteiger partial charge in [0.05, 0.1) is 19.5 Å². The van der Waals surface area contributed by atoms with Crippen molar-refractivity contribution in [2.24, 2.45) is 0 Å². The van der Waals surface area contributed by atoms with E-state index in [1.165, 1.54) is 12.4 Å². The van der Waals surface area contributed by atoms with Crippen molar-refractivity contribution in [3.8, 4) is 5.75 Å². The number of benzene rings is 2. The van der Waals surface area contributed by atoms with Crippen LogP contribution in [0, 0.1) is 6.92 Å². The van der Waals surface area contributed by atoms with Gasteiger partial charge in [-0.25, -0.2) is 9.97 Å². The number of hydrogen-bond donors (Lipinski definition) is 2. The first-order valence-electron chi connectivity index (χ1n) is 8.32. The topological polar surface area (TPSA) is 76.1 Å². The van der Waals surface area contributed by atoms with Gasteiger partial charge < -0.3 is 15.4 Å². The van der Waals surface area contributed by atoms with Crippen molar-refractivity contribution in [2.75, 3.05) is 17.7 Å². The number of aryl methyl sites for hydroxylation is 1. The Morgan fingerprint density at radius 2 is 1.96 bits per heavy atom. The zero-order valence-corrected chi connectivity index (χ0v) is 15.7. The summed E-state index contributed by atoms with van der Waals surface area (Å²) in [5.41, 5.74) is 2.78. The average Bonchev–Trinajstić information content (AvgIpc) is 2.69. The predicted molar refractivity (Wildman–Crippen MR) is 106 cm³/mol. The highest BCUT2D eigenvalue weighted by Crippen LogP contribution is 2.21. The van der Waals surface area contributed by atoms with E-state index in [2.05, 4.69) is 20.6 Å². The third-order valence-corrected chi connectivity index (χ3v) is 4.22. The quantitative estimate of drug-likeness (QED) is 0.664. The first-order chi connectivity index (χ1) is 13.1. The van der Waals surface area contributed by atoms with E-state index in [1.807, 2.05) is 37.3 Å². The molecule has 138 valence electrons. The van der Waals surface area contributed by atoms with Crippen LogP contribution in [0.4, 0.5) is 11.5 Å². The summed E-state index contributed by atoms with van der Waals surface area (Å²) < 4.78 is 5.32. The van der Waals surface area contributed by atoms with Crippen LogP contribution < -0.4 is 15.4 Å². The summed E-state index contributed by atoms with van der Waals surface area (Å²) in [5.74, 6) is 1.02. The number of hydrogen-bond acceptors (Lipinski definition) is 5. The molecule has 0 unspecified atom stereocenters. The number of ether oxygens (including phenoxy) is 1. The largest absolute Gasteiger partial charge is 0.496 e. The molecule has 2 N–H and O–H groups in total. The van der Waals surface area contributed by atoms with Crippen molar-refractivity contribution in [1.82, 2.24) is 9.97 Å². The number of aromatic nitrogens is 2. The molecule has 0 radical (unpaired) electrons. The lowest BCUT2D eigenvalue weighted by Gasteiger charge is -2.10. The molecule has 0 atom stereocenters. The van der Waals surface area contributed by atoms with Crippen molar-refractivity contribution in [1.29, 1.82) is 0 Å². The van der Waals surface area contributed by atoms with Crippen LogP contribution in [0.3, 0.4) is 0 Å². The van der Waals surface area contributed by atoms with Crippen LogP contribution in [0.2, 0.25) is 5.02 Å². The number of anilines is 2. The molecule has 0 saturated heterocycles. The Kier molecular flexibility index (Phi) is 5.88. The predicted octanol–water partition coefficient (Wildman–Crippen LogP) is 4.31. The van der Waals surface area contributed by atoms with Crippen LogP contribution in [0.5, 0.6) is 5.75 Å². The molecular weight excluding hydrogens is 364 g/mol. The van der Waals surface area contributed by atoms with Gasteiger partial charge in [0, 0.05) is 22.8 Å². The van der Waals surface area contributed by atoms with Crippen molar-refractivity contribution >= 4 is 29.0 Å². The van der Waals surface area contributed by atoms with E-state index in [4.69, 9.17) is 16.3 Å². The van der Waals surface area contributed by atoms with Crippen LogP contribution in [-0.2, 0) is 6.54 Å². The summed E-state index contributed by atoms with van der Waals surface area (Å²) in [6.07, 6.45) is 2.95. The fourth-order valence-corrected chi connectivity index (χ4v) is 2.66. The Labute approximate surface area is 162 Å². The van der Waals surface area contributed by atoms with E-state index in [1.54, 1.807) is 19.2 Å². The molecule has 7 heteroatoms. The highest BCUT2D eigenvalue weighted by Gasteiger charge is 2.11. The van der Waals surface area contributed by atoms with Gasteiger partial charge >= 0.3 is 0 Å².